The third-order valence-electron chi connectivity index (χ3n) is 4.97. The van der Waals surface area contributed by atoms with Gasteiger partial charge in [-0.25, -0.2) is 0 Å². The number of unbranched alkanes of at least 4 members (excludes halogenated alkanes) is 2. The van der Waals surface area contributed by atoms with Crippen molar-refractivity contribution in [1.82, 2.24) is 4.90 Å². The first-order valence-corrected chi connectivity index (χ1v) is 8.26. The van der Waals surface area contributed by atoms with Crippen LogP contribution in [-0.2, 0) is 4.79 Å². The predicted octanol–water partition coefficient (Wildman–Crippen LogP) is 2.81. The second-order valence-electron chi connectivity index (χ2n) is 6.87. The molecule has 1 saturated carbocycles. The Labute approximate surface area is 128 Å². The van der Waals surface area contributed by atoms with E-state index in [4.69, 9.17) is 0 Å². The zero-order chi connectivity index (χ0) is 15.2. The normalized spacial score (nSPS) is 31.9. The number of nitrogens with zero attached hydrogens (tertiary/aromatic N) is 1. The summed E-state index contributed by atoms with van der Waals surface area (Å²) in [5.74, 6) is 1.22. The van der Waals surface area contributed by atoms with Crippen molar-refractivity contribution in [2.24, 2.45) is 17.8 Å². The van der Waals surface area contributed by atoms with Crippen molar-refractivity contribution in [3.8, 4) is 0 Å². The van der Waals surface area contributed by atoms with E-state index in [0.717, 1.165) is 19.1 Å². The van der Waals surface area contributed by atoms with Crippen LogP contribution in [0.3, 0.4) is 0 Å². The number of carbonyl (C=O) groups is 1. The first-order valence-electron chi connectivity index (χ1n) is 8.26. The monoisotopic (exact) mass is 291 g/mol. The van der Waals surface area contributed by atoms with Gasteiger partial charge < -0.3 is 10.0 Å². The molecule has 0 spiro atoms. The van der Waals surface area contributed by atoms with Gasteiger partial charge in [0.25, 0.3) is 0 Å². The van der Waals surface area contributed by atoms with Crippen LogP contribution < -0.4 is 0 Å². The maximum atomic E-state index is 10.5. The lowest BCUT2D eigenvalue weighted by molar-refractivity contribution is -0.104. The molecule has 0 aliphatic heterocycles. The summed E-state index contributed by atoms with van der Waals surface area (Å²) in [6.07, 6.45) is 13.4. The molecule has 21 heavy (non-hydrogen) atoms. The van der Waals surface area contributed by atoms with Gasteiger partial charge in [0, 0.05) is 5.92 Å². The molecule has 1 N–H and O–H groups in total. The van der Waals surface area contributed by atoms with E-state index in [1.807, 2.05) is 6.08 Å². The van der Waals surface area contributed by atoms with E-state index in [-0.39, 0.29) is 12.0 Å². The molecule has 0 amide bonds. The number of hydrogen-bond acceptors (Lipinski definition) is 3. The molecular formula is C18H29NO2. The average molecular weight is 291 g/mol. The van der Waals surface area contributed by atoms with Crippen molar-refractivity contribution in [2.45, 2.75) is 44.6 Å². The molecule has 118 valence electrons. The molecule has 3 nitrogen and oxygen atoms in total. The minimum atomic E-state index is -0.269. The Morgan fingerprint density at radius 3 is 2.86 bits per heavy atom. The fourth-order valence-corrected chi connectivity index (χ4v) is 3.92. The minimum absolute atomic E-state index is 0.169. The van der Waals surface area contributed by atoms with Gasteiger partial charge in [0.2, 0.25) is 0 Å². The van der Waals surface area contributed by atoms with Crippen molar-refractivity contribution in [3.63, 3.8) is 0 Å². The zero-order valence-corrected chi connectivity index (χ0v) is 13.4. The Bertz CT molecular complexity index is 400. The summed E-state index contributed by atoms with van der Waals surface area (Å²) < 4.78 is 0. The van der Waals surface area contributed by atoms with E-state index in [2.05, 4.69) is 25.1 Å². The largest absolute Gasteiger partial charge is 0.392 e. The van der Waals surface area contributed by atoms with Crippen molar-refractivity contribution in [1.29, 1.82) is 0 Å². The first-order chi connectivity index (χ1) is 10.1. The van der Waals surface area contributed by atoms with Crippen LogP contribution in [0.5, 0.6) is 0 Å². The van der Waals surface area contributed by atoms with E-state index >= 15 is 0 Å². The van der Waals surface area contributed by atoms with Gasteiger partial charge in [-0.2, -0.15) is 0 Å². The third kappa shape index (κ3) is 4.52. The van der Waals surface area contributed by atoms with Crippen LogP contribution >= 0.6 is 0 Å². The first kappa shape index (κ1) is 16.4. The van der Waals surface area contributed by atoms with Crippen LogP contribution in [-0.4, -0.2) is 43.0 Å². The summed E-state index contributed by atoms with van der Waals surface area (Å²) in [6.45, 7) is 1.18. The van der Waals surface area contributed by atoms with Gasteiger partial charge in [0.1, 0.15) is 6.29 Å². The van der Waals surface area contributed by atoms with Gasteiger partial charge in [-0.3, -0.25) is 4.79 Å². The number of aliphatic hydroxyl groups is 1. The number of aliphatic hydroxyl groups excluding tert-OH is 1. The molecule has 0 bridgehead atoms. The maximum absolute atomic E-state index is 10.5. The third-order valence-corrected chi connectivity index (χ3v) is 4.97. The number of aldehydes is 1. The molecule has 2 rings (SSSR count). The molecular weight excluding hydrogens is 262 g/mol. The van der Waals surface area contributed by atoms with Gasteiger partial charge in [-0.15, -0.1) is 0 Å². The molecule has 0 aromatic heterocycles. The molecule has 0 aromatic carbocycles. The molecule has 0 heterocycles. The number of hydrogen-bond donors (Lipinski definition) is 1. The van der Waals surface area contributed by atoms with Crippen molar-refractivity contribution >= 4 is 6.29 Å². The van der Waals surface area contributed by atoms with Crippen LogP contribution in [0, 0.1) is 17.8 Å². The van der Waals surface area contributed by atoms with E-state index in [9.17, 15) is 9.90 Å². The lowest BCUT2D eigenvalue weighted by Crippen LogP contribution is -2.17. The van der Waals surface area contributed by atoms with Gasteiger partial charge in [0.15, 0.2) is 0 Å². The van der Waals surface area contributed by atoms with Gasteiger partial charge in [-0.05, 0) is 70.7 Å². The van der Waals surface area contributed by atoms with Crippen LogP contribution in [0.25, 0.3) is 0 Å². The van der Waals surface area contributed by atoms with Gasteiger partial charge in [0.05, 0.1) is 6.10 Å². The molecule has 0 unspecified atom stereocenters. The number of fused-ring (bicyclic) bond motifs is 1. The molecule has 4 atom stereocenters. The van der Waals surface area contributed by atoms with E-state index in [0.29, 0.717) is 11.8 Å². The maximum Gasteiger partial charge on any atom is 0.142 e. The summed E-state index contributed by atoms with van der Waals surface area (Å²) in [6, 6.07) is 0. The fraction of sp³-hybridized carbons (Fsp3) is 0.722. The lowest BCUT2D eigenvalue weighted by atomic mass is 9.89. The molecule has 0 saturated heterocycles. The smallest absolute Gasteiger partial charge is 0.142 e. The van der Waals surface area contributed by atoms with Gasteiger partial charge >= 0.3 is 0 Å². The molecule has 3 heteroatoms. The summed E-state index contributed by atoms with van der Waals surface area (Å²) in [7, 11) is 4.25. The molecule has 0 aromatic rings. The van der Waals surface area contributed by atoms with E-state index < -0.39 is 0 Å². The summed E-state index contributed by atoms with van der Waals surface area (Å²) in [5.41, 5.74) is 1.58. The minimum Gasteiger partial charge on any atom is -0.392 e. The topological polar surface area (TPSA) is 40.5 Å². The Morgan fingerprint density at radius 2 is 2.14 bits per heavy atom. The van der Waals surface area contributed by atoms with Crippen LogP contribution in [0.4, 0.5) is 0 Å². The molecule has 2 aliphatic carbocycles. The summed E-state index contributed by atoms with van der Waals surface area (Å²) >= 11 is 0. The quantitative estimate of drug-likeness (QED) is 0.323. The highest BCUT2D eigenvalue weighted by atomic mass is 16.3. The van der Waals surface area contributed by atoms with Crippen molar-refractivity contribution < 1.29 is 9.90 Å². The van der Waals surface area contributed by atoms with Crippen molar-refractivity contribution in [3.05, 3.63) is 23.8 Å². The average Bonchev–Trinajstić information content (AvgIpc) is 2.93. The number of allylic oxidation sites excluding steroid dienone is 3. The highest BCUT2D eigenvalue weighted by Crippen LogP contribution is 2.48. The summed E-state index contributed by atoms with van der Waals surface area (Å²) in [5, 5.41) is 10.1. The second-order valence-corrected chi connectivity index (χ2v) is 6.87. The standard InChI is InChI=1S/C18H29NO2/c1-19(2)9-5-3-4-7-14-11-15-13-18(21)16(8-6-10-20)17(15)12-14/h6,8,10-11,15-18,21H,3-5,7,9,12-13H2,1-2H3/t15-,16+,17-,18+/m0/s1. The molecule has 0 radical (unpaired) electrons. The number of carbonyl (C=O) groups excluding carboxylic acids is 1. The fourth-order valence-electron chi connectivity index (χ4n) is 3.92. The Morgan fingerprint density at radius 1 is 1.33 bits per heavy atom. The summed E-state index contributed by atoms with van der Waals surface area (Å²) in [4.78, 5) is 12.7. The SMILES string of the molecule is CN(C)CCCCCC1=C[C@H]2C[C@@H](O)[C@H](C=CC=O)[C@H]2C1. The lowest BCUT2D eigenvalue weighted by Gasteiger charge is -2.17. The molecule has 2 aliphatic rings. The van der Waals surface area contributed by atoms with E-state index in [1.165, 1.54) is 32.2 Å². The van der Waals surface area contributed by atoms with Crippen LogP contribution in [0.2, 0.25) is 0 Å². The predicted molar refractivity (Wildman–Crippen MR) is 86.0 cm³/mol. The Hall–Kier alpha value is -0.930. The Balaban J connectivity index is 1.75. The van der Waals surface area contributed by atoms with Crippen LogP contribution in [0.15, 0.2) is 23.8 Å². The zero-order valence-electron chi connectivity index (χ0n) is 13.4. The Kier molecular flexibility index (Phi) is 6.19. The van der Waals surface area contributed by atoms with Gasteiger partial charge in [-0.1, -0.05) is 24.1 Å². The van der Waals surface area contributed by atoms with E-state index in [1.54, 1.807) is 11.6 Å². The molecule has 1 fully saturated rings. The second kappa shape index (κ2) is 7.90. The highest BCUT2D eigenvalue weighted by molar-refractivity contribution is 5.64. The highest BCUT2D eigenvalue weighted by Gasteiger charge is 2.42. The van der Waals surface area contributed by atoms with Crippen molar-refractivity contribution in [2.75, 3.05) is 20.6 Å². The van der Waals surface area contributed by atoms with Crippen LogP contribution in [0.1, 0.15) is 38.5 Å². The number of rotatable bonds is 8.